The molecule has 4 rings (SSSR count). The molecule has 2 bridgehead atoms. The van der Waals surface area contributed by atoms with Gasteiger partial charge in [0.2, 0.25) is 5.28 Å². The summed E-state index contributed by atoms with van der Waals surface area (Å²) in [4.78, 5) is 25.8. The lowest BCUT2D eigenvalue weighted by atomic mass is 10.1. The van der Waals surface area contributed by atoms with Gasteiger partial charge in [-0.1, -0.05) is 0 Å². The van der Waals surface area contributed by atoms with E-state index in [1.54, 1.807) is 0 Å². The second-order valence-electron chi connectivity index (χ2n) is 8.35. The third kappa shape index (κ3) is 3.34. The first-order valence-electron chi connectivity index (χ1n) is 9.34. The first kappa shape index (κ1) is 17.8. The predicted molar refractivity (Wildman–Crippen MR) is 99.5 cm³/mol. The third-order valence-electron chi connectivity index (χ3n) is 5.27. The Balaban J connectivity index is 1.57. The van der Waals surface area contributed by atoms with E-state index in [0.29, 0.717) is 5.28 Å². The molecule has 8 heteroatoms. The van der Waals surface area contributed by atoms with Gasteiger partial charge in [0, 0.05) is 25.2 Å². The van der Waals surface area contributed by atoms with Crippen LogP contribution in [0.2, 0.25) is 5.28 Å². The van der Waals surface area contributed by atoms with Crippen LogP contribution >= 0.6 is 11.6 Å². The molecule has 2 unspecified atom stereocenters. The largest absolute Gasteiger partial charge is 0.444 e. The second kappa shape index (κ2) is 6.53. The van der Waals surface area contributed by atoms with Gasteiger partial charge >= 0.3 is 6.09 Å². The van der Waals surface area contributed by atoms with E-state index in [1.807, 2.05) is 25.7 Å². The van der Waals surface area contributed by atoms with E-state index in [1.165, 1.54) is 5.56 Å². The minimum atomic E-state index is -0.472. The molecule has 0 aromatic carbocycles. The quantitative estimate of drug-likeness (QED) is 0.755. The van der Waals surface area contributed by atoms with Gasteiger partial charge in [-0.3, -0.25) is 4.90 Å². The molecule has 3 aliphatic rings. The van der Waals surface area contributed by atoms with Gasteiger partial charge in [-0.05, 0) is 58.2 Å². The minimum absolute atomic E-state index is 0.162. The maximum Gasteiger partial charge on any atom is 0.410 e. The van der Waals surface area contributed by atoms with Crippen LogP contribution in [0.15, 0.2) is 0 Å². The number of rotatable bonds is 1. The van der Waals surface area contributed by atoms with Gasteiger partial charge in [0.1, 0.15) is 11.4 Å². The van der Waals surface area contributed by atoms with E-state index in [4.69, 9.17) is 16.3 Å². The zero-order chi connectivity index (χ0) is 18.5. The summed E-state index contributed by atoms with van der Waals surface area (Å²) in [5.41, 5.74) is 1.71. The van der Waals surface area contributed by atoms with Gasteiger partial charge in [-0.2, -0.15) is 0 Å². The van der Waals surface area contributed by atoms with Crippen molar-refractivity contribution in [2.45, 2.75) is 64.3 Å². The van der Waals surface area contributed by atoms with Crippen LogP contribution in [0.1, 0.15) is 44.9 Å². The average molecular weight is 380 g/mol. The van der Waals surface area contributed by atoms with Crippen molar-refractivity contribution >= 4 is 23.5 Å². The Morgan fingerprint density at radius 2 is 1.92 bits per heavy atom. The average Bonchev–Trinajstić information content (AvgIpc) is 2.83. The molecule has 2 saturated heterocycles. The Bertz CT molecular complexity index is 706. The molecule has 7 nitrogen and oxygen atoms in total. The smallest absolute Gasteiger partial charge is 0.410 e. The molecular formula is C18H26ClN5O2. The lowest BCUT2D eigenvalue weighted by Crippen LogP contribution is -2.57. The van der Waals surface area contributed by atoms with E-state index >= 15 is 0 Å². The van der Waals surface area contributed by atoms with Crippen molar-refractivity contribution in [2.24, 2.45) is 0 Å². The highest BCUT2D eigenvalue weighted by Crippen LogP contribution is 2.35. The fraction of sp³-hybridized carbons (Fsp3) is 0.722. The molecule has 142 valence electrons. The molecule has 1 aromatic heterocycles. The van der Waals surface area contributed by atoms with Crippen LogP contribution in [-0.4, -0.2) is 58.3 Å². The van der Waals surface area contributed by atoms with Crippen LogP contribution in [0.5, 0.6) is 0 Å². The Morgan fingerprint density at radius 1 is 1.23 bits per heavy atom. The van der Waals surface area contributed by atoms with Crippen LogP contribution in [0.3, 0.4) is 0 Å². The van der Waals surface area contributed by atoms with Crippen molar-refractivity contribution < 1.29 is 9.53 Å². The summed E-state index contributed by atoms with van der Waals surface area (Å²) < 4.78 is 5.62. The number of piperazine rings is 1. The molecule has 2 atom stereocenters. The van der Waals surface area contributed by atoms with Gasteiger partial charge in [-0.15, -0.1) is 0 Å². The van der Waals surface area contributed by atoms with Gasteiger partial charge in [0.15, 0.2) is 0 Å². The number of hydrogen-bond donors (Lipinski definition) is 1. The molecule has 2 fully saturated rings. The van der Waals surface area contributed by atoms with E-state index in [-0.39, 0.29) is 18.2 Å². The number of nitrogens with one attached hydrogen (secondary N) is 1. The van der Waals surface area contributed by atoms with Crippen molar-refractivity contribution in [3.05, 3.63) is 16.5 Å². The van der Waals surface area contributed by atoms with Crippen LogP contribution < -0.4 is 10.2 Å². The standard InChI is InChI=1S/C18H26ClN5O2/c1-18(2,3)26-17(25)24-11-4-5-12(24)10-23(9-11)15-13-6-7-20-8-14(13)21-16(19)22-15/h11-12,20H,4-10H2,1-3H3. The van der Waals surface area contributed by atoms with Gasteiger partial charge < -0.3 is 15.0 Å². The lowest BCUT2D eigenvalue weighted by Gasteiger charge is -2.42. The topological polar surface area (TPSA) is 70.6 Å². The highest BCUT2D eigenvalue weighted by molar-refractivity contribution is 6.28. The summed E-state index contributed by atoms with van der Waals surface area (Å²) >= 11 is 6.18. The molecule has 1 amide bonds. The number of anilines is 1. The molecule has 0 aliphatic carbocycles. The molecule has 3 aliphatic heterocycles. The summed E-state index contributed by atoms with van der Waals surface area (Å²) in [6, 6.07) is 0.324. The van der Waals surface area contributed by atoms with Gasteiger partial charge in [-0.25, -0.2) is 14.8 Å². The molecule has 26 heavy (non-hydrogen) atoms. The summed E-state index contributed by atoms with van der Waals surface area (Å²) in [6.45, 7) is 8.92. The van der Waals surface area contributed by atoms with Crippen LogP contribution in [0.4, 0.5) is 10.6 Å². The summed E-state index contributed by atoms with van der Waals surface area (Å²) in [5.74, 6) is 0.947. The van der Waals surface area contributed by atoms with Crippen LogP contribution in [0.25, 0.3) is 0 Å². The number of ether oxygens (including phenoxy) is 1. The minimum Gasteiger partial charge on any atom is -0.444 e. The van der Waals surface area contributed by atoms with Gasteiger partial charge in [0.25, 0.3) is 0 Å². The first-order valence-corrected chi connectivity index (χ1v) is 9.72. The maximum absolute atomic E-state index is 12.6. The van der Waals surface area contributed by atoms with E-state index < -0.39 is 5.60 Å². The molecule has 1 N–H and O–H groups in total. The van der Waals surface area contributed by atoms with Crippen molar-refractivity contribution in [3.63, 3.8) is 0 Å². The molecule has 0 radical (unpaired) electrons. The van der Waals surface area contributed by atoms with Gasteiger partial charge in [0.05, 0.1) is 17.8 Å². The van der Waals surface area contributed by atoms with Crippen LogP contribution in [0, 0.1) is 0 Å². The van der Waals surface area contributed by atoms with Crippen molar-refractivity contribution in [3.8, 4) is 0 Å². The Kier molecular flexibility index (Phi) is 4.47. The van der Waals surface area contributed by atoms with Crippen LogP contribution in [-0.2, 0) is 17.7 Å². The zero-order valence-corrected chi connectivity index (χ0v) is 16.3. The number of halogens is 1. The molecular weight excluding hydrogens is 354 g/mol. The highest BCUT2D eigenvalue weighted by atomic mass is 35.5. The maximum atomic E-state index is 12.6. The third-order valence-corrected chi connectivity index (χ3v) is 5.44. The lowest BCUT2D eigenvalue weighted by molar-refractivity contribution is 0.0122. The fourth-order valence-corrected chi connectivity index (χ4v) is 4.44. The number of fused-ring (bicyclic) bond motifs is 3. The number of hydrogen-bond acceptors (Lipinski definition) is 6. The number of carbonyl (C=O) groups excluding carboxylic acids is 1. The molecule has 0 spiro atoms. The monoisotopic (exact) mass is 379 g/mol. The van der Waals surface area contributed by atoms with E-state index in [9.17, 15) is 4.79 Å². The normalized spacial score (nSPS) is 25.2. The van der Waals surface area contributed by atoms with E-state index in [2.05, 4.69) is 20.2 Å². The Labute approximate surface area is 159 Å². The fourth-order valence-electron chi connectivity index (χ4n) is 4.26. The second-order valence-corrected chi connectivity index (χ2v) is 8.68. The number of nitrogens with zero attached hydrogens (tertiary/aromatic N) is 4. The number of carbonyl (C=O) groups is 1. The summed E-state index contributed by atoms with van der Waals surface area (Å²) in [5, 5.41) is 3.63. The molecule has 0 saturated carbocycles. The Hall–Kier alpha value is -1.60. The first-order chi connectivity index (χ1) is 12.3. The van der Waals surface area contributed by atoms with E-state index in [0.717, 1.165) is 57.0 Å². The molecule has 4 heterocycles. The van der Waals surface area contributed by atoms with Crippen molar-refractivity contribution in [1.29, 1.82) is 0 Å². The SMILES string of the molecule is CC(C)(C)OC(=O)N1C2CCC1CN(c1nc(Cl)nc3c1CCNC3)C2. The number of amides is 1. The van der Waals surface area contributed by atoms with Crippen molar-refractivity contribution in [1.82, 2.24) is 20.2 Å². The highest BCUT2D eigenvalue weighted by Gasteiger charge is 2.45. The Morgan fingerprint density at radius 3 is 2.58 bits per heavy atom. The predicted octanol–water partition coefficient (Wildman–Crippen LogP) is 2.36. The zero-order valence-electron chi connectivity index (χ0n) is 15.6. The molecule has 1 aromatic rings. The number of aromatic nitrogens is 2. The summed E-state index contributed by atoms with van der Waals surface area (Å²) in [7, 11) is 0. The van der Waals surface area contributed by atoms with Crippen molar-refractivity contribution in [2.75, 3.05) is 24.5 Å². The summed E-state index contributed by atoms with van der Waals surface area (Å²) in [6.07, 6.45) is 2.71.